The molecule has 40 heavy (non-hydrogen) atoms. The summed E-state index contributed by atoms with van der Waals surface area (Å²) in [5, 5.41) is 10.0. The van der Waals surface area contributed by atoms with Gasteiger partial charge in [0, 0.05) is 5.56 Å². The zero-order valence-corrected chi connectivity index (χ0v) is 22.8. The van der Waals surface area contributed by atoms with E-state index in [0.717, 1.165) is 22.4 Å². The number of aliphatic imine (C=N–C) groups is 1. The number of thioether (sulfide) groups is 1. The van der Waals surface area contributed by atoms with Gasteiger partial charge >= 0.3 is 0 Å². The van der Waals surface area contributed by atoms with Crippen molar-refractivity contribution >= 4 is 34.6 Å². The summed E-state index contributed by atoms with van der Waals surface area (Å²) in [6, 6.07) is 34.7. The minimum Gasteiger partial charge on any atom is -0.490 e. The lowest BCUT2D eigenvalue weighted by molar-refractivity contribution is -0.122. The largest absolute Gasteiger partial charge is 0.490 e. The van der Waals surface area contributed by atoms with E-state index in [4.69, 9.17) is 14.5 Å². The summed E-state index contributed by atoms with van der Waals surface area (Å²) in [7, 11) is 0. The molecule has 7 heteroatoms. The minimum atomic E-state index is -0.102. The van der Waals surface area contributed by atoms with Gasteiger partial charge in [0.05, 0.1) is 35.4 Å². The maximum absolute atomic E-state index is 13.6. The molecule has 0 aliphatic carbocycles. The topological polar surface area (TPSA) is 74.9 Å². The molecular formula is C33H27N3O3S. The van der Waals surface area contributed by atoms with Crippen LogP contribution in [0.25, 0.3) is 6.08 Å². The first-order chi connectivity index (χ1) is 19.6. The van der Waals surface area contributed by atoms with Gasteiger partial charge in [0.1, 0.15) is 6.61 Å². The molecule has 1 amide bonds. The van der Waals surface area contributed by atoms with Crippen molar-refractivity contribution in [2.75, 3.05) is 6.61 Å². The van der Waals surface area contributed by atoms with Crippen molar-refractivity contribution < 1.29 is 14.3 Å². The van der Waals surface area contributed by atoms with E-state index in [1.54, 1.807) is 11.0 Å². The molecule has 4 aromatic rings. The third kappa shape index (κ3) is 6.42. The maximum Gasteiger partial charge on any atom is 0.267 e. The lowest BCUT2D eigenvalue weighted by Crippen LogP contribution is -2.28. The smallest absolute Gasteiger partial charge is 0.267 e. The molecule has 5 rings (SSSR count). The van der Waals surface area contributed by atoms with Crippen molar-refractivity contribution in [3.05, 3.63) is 130 Å². The third-order valence-corrected chi connectivity index (χ3v) is 7.15. The van der Waals surface area contributed by atoms with E-state index in [1.165, 1.54) is 11.8 Å². The second kappa shape index (κ2) is 12.8. The number of benzene rings is 4. The average molecular weight is 546 g/mol. The van der Waals surface area contributed by atoms with Gasteiger partial charge in [0.2, 0.25) is 0 Å². The van der Waals surface area contributed by atoms with Crippen LogP contribution in [0.5, 0.6) is 11.5 Å². The molecule has 4 aromatic carbocycles. The fourth-order valence-corrected chi connectivity index (χ4v) is 5.17. The lowest BCUT2D eigenvalue weighted by Gasteiger charge is -2.15. The van der Waals surface area contributed by atoms with Crippen molar-refractivity contribution in [3.8, 4) is 17.6 Å². The van der Waals surface area contributed by atoms with Gasteiger partial charge < -0.3 is 9.47 Å². The Morgan fingerprint density at radius 1 is 0.900 bits per heavy atom. The Hall–Kier alpha value is -4.80. The quantitative estimate of drug-likeness (QED) is 0.206. The highest BCUT2D eigenvalue weighted by Gasteiger charge is 2.33. The predicted octanol–water partition coefficient (Wildman–Crippen LogP) is 7.34. The Bertz CT molecular complexity index is 1590. The average Bonchev–Trinajstić information content (AvgIpc) is 3.27. The van der Waals surface area contributed by atoms with E-state index in [9.17, 15) is 10.1 Å². The van der Waals surface area contributed by atoms with E-state index in [1.807, 2.05) is 110 Å². The van der Waals surface area contributed by atoms with E-state index in [-0.39, 0.29) is 12.5 Å². The number of hydrogen-bond acceptors (Lipinski definition) is 6. The maximum atomic E-state index is 13.6. The van der Waals surface area contributed by atoms with Crippen LogP contribution in [0.3, 0.4) is 0 Å². The first kappa shape index (κ1) is 26.8. The van der Waals surface area contributed by atoms with Crippen LogP contribution in [0.1, 0.15) is 29.2 Å². The number of nitrogens with zero attached hydrogens (tertiary/aromatic N) is 3. The number of carbonyl (C=O) groups excluding carboxylic acids is 1. The van der Waals surface area contributed by atoms with Crippen LogP contribution in [0.2, 0.25) is 0 Å². The number of amidine groups is 1. The molecule has 0 saturated carbocycles. The molecule has 1 fully saturated rings. The summed E-state index contributed by atoms with van der Waals surface area (Å²) in [6.45, 7) is 3.03. The molecule has 0 bridgehead atoms. The number of nitriles is 1. The molecule has 198 valence electrons. The number of hydrogen-bond donors (Lipinski definition) is 0. The predicted molar refractivity (Wildman–Crippen MR) is 159 cm³/mol. The number of amides is 1. The fraction of sp³-hybridized carbons (Fsp3) is 0.121. The summed E-state index contributed by atoms with van der Waals surface area (Å²) >= 11 is 1.36. The third-order valence-electron chi connectivity index (χ3n) is 6.14. The van der Waals surface area contributed by atoms with Crippen molar-refractivity contribution in [2.45, 2.75) is 20.1 Å². The highest BCUT2D eigenvalue weighted by Crippen LogP contribution is 2.37. The van der Waals surface area contributed by atoms with E-state index < -0.39 is 0 Å². The first-order valence-electron chi connectivity index (χ1n) is 12.9. The molecule has 6 nitrogen and oxygen atoms in total. The molecule has 0 spiro atoms. The summed E-state index contributed by atoms with van der Waals surface area (Å²) in [5.74, 6) is 1.04. The number of rotatable bonds is 9. The highest BCUT2D eigenvalue weighted by atomic mass is 32.2. The minimum absolute atomic E-state index is 0.102. The highest BCUT2D eigenvalue weighted by molar-refractivity contribution is 8.18. The van der Waals surface area contributed by atoms with E-state index in [0.29, 0.717) is 40.3 Å². The molecule has 0 unspecified atom stereocenters. The lowest BCUT2D eigenvalue weighted by atomic mass is 10.1. The molecule has 1 saturated heterocycles. The molecule has 0 radical (unpaired) electrons. The van der Waals surface area contributed by atoms with Gasteiger partial charge in [-0.1, -0.05) is 72.8 Å². The van der Waals surface area contributed by atoms with Crippen molar-refractivity contribution in [2.24, 2.45) is 4.99 Å². The summed E-state index contributed by atoms with van der Waals surface area (Å²) in [5.41, 5.74) is 4.00. The second-order valence-electron chi connectivity index (χ2n) is 8.91. The van der Waals surface area contributed by atoms with Gasteiger partial charge in [-0.3, -0.25) is 9.69 Å². The van der Waals surface area contributed by atoms with Gasteiger partial charge in [0.15, 0.2) is 16.7 Å². The summed E-state index contributed by atoms with van der Waals surface area (Å²) in [6.07, 6.45) is 1.86. The van der Waals surface area contributed by atoms with Gasteiger partial charge in [-0.05, 0) is 66.2 Å². The Morgan fingerprint density at radius 3 is 2.38 bits per heavy atom. The molecular weight excluding hydrogens is 518 g/mol. The van der Waals surface area contributed by atoms with Crippen molar-refractivity contribution in [3.63, 3.8) is 0 Å². The van der Waals surface area contributed by atoms with Gasteiger partial charge in [-0.25, -0.2) is 4.99 Å². The van der Waals surface area contributed by atoms with E-state index in [2.05, 4.69) is 6.07 Å². The molecule has 1 aliphatic heterocycles. The van der Waals surface area contributed by atoms with Crippen LogP contribution in [0, 0.1) is 11.3 Å². The van der Waals surface area contributed by atoms with Crippen LogP contribution in [0.15, 0.2) is 113 Å². The monoisotopic (exact) mass is 545 g/mol. The second-order valence-corrected chi connectivity index (χ2v) is 9.92. The van der Waals surface area contributed by atoms with Crippen LogP contribution in [-0.2, 0) is 17.9 Å². The van der Waals surface area contributed by atoms with E-state index >= 15 is 0 Å². The standard InChI is InChI=1S/C33H27N3O3S/c1-2-38-30-19-25(17-18-29(30)39-23-27-14-10-9-13-26(27)21-34)20-31-32(37)36(22-24-11-5-3-6-12-24)33(40-31)35-28-15-7-4-8-16-28/h3-20H,2,22-23H2,1H3. The van der Waals surface area contributed by atoms with Gasteiger partial charge in [-0.2, -0.15) is 5.26 Å². The van der Waals surface area contributed by atoms with Crippen LogP contribution >= 0.6 is 11.8 Å². The molecule has 0 atom stereocenters. The summed E-state index contributed by atoms with van der Waals surface area (Å²) < 4.78 is 11.9. The molecule has 1 heterocycles. The number of para-hydroxylation sites is 1. The first-order valence-corrected chi connectivity index (χ1v) is 13.7. The Kier molecular flexibility index (Phi) is 8.60. The Labute approximate surface area is 238 Å². The fourth-order valence-electron chi connectivity index (χ4n) is 4.17. The molecule has 1 aliphatic rings. The van der Waals surface area contributed by atoms with Gasteiger partial charge in [0.25, 0.3) is 5.91 Å². The van der Waals surface area contributed by atoms with Gasteiger partial charge in [-0.15, -0.1) is 0 Å². The number of carbonyl (C=O) groups is 1. The van der Waals surface area contributed by atoms with Crippen LogP contribution in [-0.4, -0.2) is 22.6 Å². The SMILES string of the molecule is CCOc1cc(C=C2SC(=Nc3ccccc3)N(Cc3ccccc3)C2=O)ccc1OCc1ccccc1C#N. The van der Waals surface area contributed by atoms with Crippen LogP contribution < -0.4 is 9.47 Å². The molecule has 0 N–H and O–H groups in total. The Balaban J connectivity index is 1.42. The van der Waals surface area contributed by atoms with Crippen molar-refractivity contribution in [1.29, 1.82) is 5.26 Å². The normalized spacial score (nSPS) is 14.9. The Morgan fingerprint density at radius 2 is 1.62 bits per heavy atom. The summed E-state index contributed by atoms with van der Waals surface area (Å²) in [4.78, 5) is 20.7. The zero-order valence-electron chi connectivity index (χ0n) is 22.0. The zero-order chi connectivity index (χ0) is 27.7. The molecule has 0 aromatic heterocycles. The van der Waals surface area contributed by atoms with Crippen molar-refractivity contribution in [1.82, 2.24) is 4.90 Å². The number of ether oxygens (including phenoxy) is 2. The van der Waals surface area contributed by atoms with Crippen LogP contribution in [0.4, 0.5) is 5.69 Å².